The van der Waals surface area contributed by atoms with Crippen molar-refractivity contribution in [2.24, 2.45) is 0 Å². The van der Waals surface area contributed by atoms with Gasteiger partial charge in [0.25, 0.3) is 0 Å². The number of thiophene rings is 1. The Morgan fingerprint density at radius 1 is 1.15 bits per heavy atom. The number of nitrogens with one attached hydrogen (secondary N) is 1. The van der Waals surface area contributed by atoms with E-state index in [0.29, 0.717) is 5.00 Å². The van der Waals surface area contributed by atoms with Crippen molar-refractivity contribution in [2.45, 2.75) is 19.5 Å². The van der Waals surface area contributed by atoms with Gasteiger partial charge in [-0.2, -0.15) is 24.4 Å². The number of carbonyl (C=O) groups is 1. The maximum absolute atomic E-state index is 12.3. The zero-order valence-electron chi connectivity index (χ0n) is 14.4. The van der Waals surface area contributed by atoms with Crippen molar-refractivity contribution >= 4 is 28.3 Å². The predicted octanol–water partition coefficient (Wildman–Crippen LogP) is 0.613. The summed E-state index contributed by atoms with van der Waals surface area (Å²) in [6.45, 7) is 2.18. The Bertz CT molecular complexity index is 1090. The lowest BCUT2D eigenvalue weighted by molar-refractivity contribution is -0.124. The van der Waals surface area contributed by atoms with Gasteiger partial charge in [-0.05, 0) is 47.0 Å². The first kappa shape index (κ1) is 17.1. The van der Waals surface area contributed by atoms with Crippen LogP contribution in [0.4, 0.5) is 0 Å². The fourth-order valence-electron chi connectivity index (χ4n) is 2.53. The van der Waals surface area contributed by atoms with Crippen LogP contribution in [-0.4, -0.2) is 47.2 Å². The minimum absolute atomic E-state index is 0.219. The van der Waals surface area contributed by atoms with Crippen LogP contribution in [-0.2, 0) is 11.3 Å². The van der Waals surface area contributed by atoms with E-state index in [1.165, 1.54) is 25.5 Å². The normalized spacial score (nSPS) is 12.3. The van der Waals surface area contributed by atoms with Gasteiger partial charge in [-0.1, -0.05) is 12.1 Å². The van der Waals surface area contributed by atoms with Crippen molar-refractivity contribution in [1.29, 1.82) is 0 Å². The number of hydrogen-bond donors (Lipinski definition) is 1. The summed E-state index contributed by atoms with van der Waals surface area (Å²) in [4.78, 5) is 26.0. The van der Waals surface area contributed by atoms with E-state index in [0.717, 1.165) is 11.0 Å². The van der Waals surface area contributed by atoms with E-state index in [-0.39, 0.29) is 24.7 Å². The first-order valence-corrected chi connectivity index (χ1v) is 9.17. The summed E-state index contributed by atoms with van der Waals surface area (Å²) in [5, 5.41) is 21.6. The molecule has 0 aliphatic carbocycles. The molecule has 0 aliphatic rings. The van der Waals surface area contributed by atoms with Gasteiger partial charge in [-0.15, -0.1) is 11.3 Å². The van der Waals surface area contributed by atoms with E-state index in [2.05, 4.69) is 25.9 Å². The van der Waals surface area contributed by atoms with Gasteiger partial charge in [0.05, 0.1) is 6.54 Å². The van der Waals surface area contributed by atoms with Crippen LogP contribution in [0.25, 0.3) is 16.0 Å². The molecule has 0 spiro atoms. The maximum atomic E-state index is 12.3. The highest BCUT2D eigenvalue weighted by molar-refractivity contribution is 7.12. The molecule has 0 radical (unpaired) electrons. The van der Waals surface area contributed by atoms with Crippen LogP contribution in [0, 0.1) is 0 Å². The Balaban J connectivity index is 1.37. The molecule has 0 saturated heterocycles. The first-order valence-electron chi connectivity index (χ1n) is 8.29. The second-order valence-electron chi connectivity index (χ2n) is 5.82. The Morgan fingerprint density at radius 3 is 2.56 bits per heavy atom. The number of hydrogen-bond acceptors (Lipinski definition) is 7. The standard InChI is InChI=1S/C16H16N8O2S/c1-11(24-18-12-5-2-3-6-13(12)19-24)15(25)17-8-9-22-16(26)23(21-20-22)14-7-4-10-27-14/h2-7,10-11H,8-9H2,1H3,(H,17,25). The molecule has 3 aromatic heterocycles. The summed E-state index contributed by atoms with van der Waals surface area (Å²) < 4.78 is 2.44. The number of carbonyl (C=O) groups excluding carboxylic acids is 1. The van der Waals surface area contributed by atoms with Gasteiger partial charge in [0, 0.05) is 6.54 Å². The third-order valence-corrected chi connectivity index (χ3v) is 4.85. The molecule has 11 heteroatoms. The molecule has 0 saturated carbocycles. The van der Waals surface area contributed by atoms with E-state index in [1.54, 1.807) is 13.0 Å². The molecule has 27 heavy (non-hydrogen) atoms. The van der Waals surface area contributed by atoms with Crippen LogP contribution < -0.4 is 11.0 Å². The molecular weight excluding hydrogens is 368 g/mol. The van der Waals surface area contributed by atoms with Crippen LogP contribution >= 0.6 is 11.3 Å². The van der Waals surface area contributed by atoms with Crippen molar-refractivity contribution in [3.63, 3.8) is 0 Å². The molecule has 0 aliphatic heterocycles. The maximum Gasteiger partial charge on any atom is 0.369 e. The number of benzene rings is 1. The Labute approximate surface area is 157 Å². The first-order chi connectivity index (χ1) is 13.1. The quantitative estimate of drug-likeness (QED) is 0.521. The minimum atomic E-state index is -0.573. The van der Waals surface area contributed by atoms with E-state index < -0.39 is 6.04 Å². The molecular formula is C16H16N8O2S. The number of fused-ring (bicyclic) bond motifs is 1. The third-order valence-electron chi connectivity index (χ3n) is 4.01. The summed E-state index contributed by atoms with van der Waals surface area (Å²) in [7, 11) is 0. The molecule has 1 aromatic carbocycles. The van der Waals surface area contributed by atoms with Gasteiger partial charge in [0.15, 0.2) is 0 Å². The summed E-state index contributed by atoms with van der Waals surface area (Å²) >= 11 is 1.40. The Kier molecular flexibility index (Phi) is 4.50. The average Bonchev–Trinajstić information content (AvgIpc) is 3.40. The van der Waals surface area contributed by atoms with Gasteiger partial charge in [-0.3, -0.25) is 4.79 Å². The van der Waals surface area contributed by atoms with Crippen molar-refractivity contribution in [2.75, 3.05) is 6.54 Å². The van der Waals surface area contributed by atoms with Crippen LogP contribution in [0.3, 0.4) is 0 Å². The highest BCUT2D eigenvalue weighted by atomic mass is 32.1. The molecule has 1 atom stereocenters. The Morgan fingerprint density at radius 2 is 1.89 bits per heavy atom. The smallest absolute Gasteiger partial charge is 0.352 e. The highest BCUT2D eigenvalue weighted by Crippen LogP contribution is 2.11. The van der Waals surface area contributed by atoms with Gasteiger partial charge < -0.3 is 5.32 Å². The van der Waals surface area contributed by atoms with Crippen LogP contribution in [0.2, 0.25) is 0 Å². The molecule has 1 unspecified atom stereocenters. The molecule has 1 amide bonds. The summed E-state index contributed by atoms with van der Waals surface area (Å²) in [6.07, 6.45) is 0. The number of aromatic nitrogens is 7. The molecule has 10 nitrogen and oxygen atoms in total. The van der Waals surface area contributed by atoms with E-state index in [1.807, 2.05) is 35.7 Å². The Hall–Kier alpha value is -3.34. The molecule has 0 fully saturated rings. The molecule has 4 aromatic rings. The number of rotatable bonds is 6. The van der Waals surface area contributed by atoms with Crippen molar-refractivity contribution < 1.29 is 4.79 Å². The molecule has 0 bridgehead atoms. The van der Waals surface area contributed by atoms with E-state index in [4.69, 9.17) is 0 Å². The SMILES string of the molecule is CC(C(=O)NCCn1nnn(-c2cccs2)c1=O)n1nc2ccccc2n1. The van der Waals surface area contributed by atoms with Crippen molar-refractivity contribution in [1.82, 2.24) is 40.1 Å². The zero-order chi connectivity index (χ0) is 18.8. The number of tetrazole rings is 1. The topological polar surface area (TPSA) is 113 Å². The lowest BCUT2D eigenvalue weighted by Gasteiger charge is -2.10. The second kappa shape index (κ2) is 7.11. The molecule has 1 N–H and O–H groups in total. The van der Waals surface area contributed by atoms with Crippen molar-refractivity contribution in [3.8, 4) is 5.00 Å². The van der Waals surface area contributed by atoms with Gasteiger partial charge in [0.1, 0.15) is 22.1 Å². The third kappa shape index (κ3) is 3.36. The predicted molar refractivity (Wildman–Crippen MR) is 98.7 cm³/mol. The average molecular weight is 384 g/mol. The fourth-order valence-corrected chi connectivity index (χ4v) is 3.20. The second-order valence-corrected chi connectivity index (χ2v) is 6.75. The van der Waals surface area contributed by atoms with Gasteiger partial charge in [-0.25, -0.2) is 4.79 Å². The lowest BCUT2D eigenvalue weighted by Crippen LogP contribution is -2.36. The van der Waals surface area contributed by atoms with Crippen LogP contribution in [0.5, 0.6) is 0 Å². The molecule has 4 rings (SSSR count). The number of nitrogens with zero attached hydrogens (tertiary/aromatic N) is 7. The zero-order valence-corrected chi connectivity index (χ0v) is 15.2. The van der Waals surface area contributed by atoms with E-state index >= 15 is 0 Å². The summed E-state index contributed by atoms with van der Waals surface area (Å²) in [6, 6.07) is 10.5. The summed E-state index contributed by atoms with van der Waals surface area (Å²) in [5.74, 6) is -0.242. The molecule has 3 heterocycles. The highest BCUT2D eigenvalue weighted by Gasteiger charge is 2.18. The van der Waals surface area contributed by atoms with Crippen LogP contribution in [0.15, 0.2) is 46.6 Å². The fraction of sp³-hybridized carbons (Fsp3) is 0.250. The van der Waals surface area contributed by atoms with Gasteiger partial charge in [0.2, 0.25) is 5.91 Å². The molecule has 138 valence electrons. The lowest BCUT2D eigenvalue weighted by atomic mass is 10.3. The monoisotopic (exact) mass is 384 g/mol. The van der Waals surface area contributed by atoms with E-state index in [9.17, 15) is 9.59 Å². The number of amides is 1. The minimum Gasteiger partial charge on any atom is -0.352 e. The van der Waals surface area contributed by atoms with Crippen molar-refractivity contribution in [3.05, 3.63) is 52.3 Å². The largest absolute Gasteiger partial charge is 0.369 e. The summed E-state index contributed by atoms with van der Waals surface area (Å²) in [5.41, 5.74) is 1.11. The van der Waals surface area contributed by atoms with Gasteiger partial charge >= 0.3 is 5.69 Å². The van der Waals surface area contributed by atoms with Crippen LogP contribution in [0.1, 0.15) is 13.0 Å².